The lowest BCUT2D eigenvalue weighted by molar-refractivity contribution is 0.0646. The van der Waals surface area contributed by atoms with E-state index in [9.17, 15) is 13.6 Å². The molecular formula is C18H22N4O3S. The lowest BCUT2D eigenvalue weighted by Gasteiger charge is -2.29. The predicted molar refractivity (Wildman–Crippen MR) is 97.6 cm³/mol. The van der Waals surface area contributed by atoms with Gasteiger partial charge in [0.05, 0.1) is 30.0 Å². The van der Waals surface area contributed by atoms with Crippen LogP contribution >= 0.6 is 0 Å². The average molecular weight is 374 g/mol. The van der Waals surface area contributed by atoms with E-state index in [-0.39, 0.29) is 18.0 Å². The molecule has 2 aliphatic rings. The third-order valence-corrected chi connectivity index (χ3v) is 6.64. The molecule has 138 valence electrons. The van der Waals surface area contributed by atoms with Crippen LogP contribution in [-0.2, 0) is 14.6 Å². The Morgan fingerprint density at radius 2 is 1.96 bits per heavy atom. The second-order valence-electron chi connectivity index (χ2n) is 7.05. The van der Waals surface area contributed by atoms with Crippen molar-refractivity contribution in [1.82, 2.24) is 19.0 Å². The van der Waals surface area contributed by atoms with E-state index in [1.807, 2.05) is 49.1 Å². The van der Waals surface area contributed by atoms with Gasteiger partial charge < -0.3 is 9.45 Å². The van der Waals surface area contributed by atoms with Crippen LogP contribution in [0.5, 0.6) is 0 Å². The molecule has 3 atom stereocenters. The smallest absolute Gasteiger partial charge is 0.273 e. The monoisotopic (exact) mass is 374 g/mol. The van der Waals surface area contributed by atoms with Crippen molar-refractivity contribution in [3.63, 3.8) is 0 Å². The molecule has 0 saturated carbocycles. The predicted octanol–water partition coefficient (Wildman–Crippen LogP) is 1.95. The number of aromatic nitrogens is 2. The van der Waals surface area contributed by atoms with Crippen molar-refractivity contribution in [3.8, 4) is 5.69 Å². The van der Waals surface area contributed by atoms with Gasteiger partial charge in [-0.15, -0.1) is 4.31 Å². The minimum Gasteiger partial charge on any atom is -0.598 e. The highest BCUT2D eigenvalue weighted by Gasteiger charge is 2.46. The Bertz CT molecular complexity index is 905. The summed E-state index contributed by atoms with van der Waals surface area (Å²) in [5.41, 5.74) is 3.23. The van der Waals surface area contributed by atoms with Crippen LogP contribution in [0.25, 0.3) is 5.69 Å². The van der Waals surface area contributed by atoms with E-state index < -0.39 is 10.4 Å². The first-order valence-electron chi connectivity index (χ1n) is 8.71. The Morgan fingerprint density at radius 3 is 2.58 bits per heavy atom. The fourth-order valence-corrected chi connectivity index (χ4v) is 5.04. The summed E-state index contributed by atoms with van der Waals surface area (Å²) in [7, 11) is -3.24. The van der Waals surface area contributed by atoms with Gasteiger partial charge in [0.15, 0.2) is 0 Å². The second-order valence-corrected chi connectivity index (χ2v) is 9.03. The zero-order valence-corrected chi connectivity index (χ0v) is 15.9. The van der Waals surface area contributed by atoms with Crippen LogP contribution in [0.2, 0.25) is 0 Å². The lowest BCUT2D eigenvalue weighted by atomic mass is 10.1. The van der Waals surface area contributed by atoms with Crippen molar-refractivity contribution < 1.29 is 13.6 Å². The molecule has 8 heteroatoms. The molecule has 2 aromatic rings. The maximum Gasteiger partial charge on any atom is 0.273 e. The van der Waals surface area contributed by atoms with Gasteiger partial charge >= 0.3 is 0 Å². The molecule has 0 bridgehead atoms. The lowest BCUT2D eigenvalue weighted by Crippen LogP contribution is -2.42. The van der Waals surface area contributed by atoms with E-state index in [1.54, 1.807) is 4.68 Å². The molecule has 0 radical (unpaired) electrons. The number of sulfonamides is 1. The third kappa shape index (κ3) is 2.60. The molecule has 2 aliphatic heterocycles. The van der Waals surface area contributed by atoms with Gasteiger partial charge in [-0.1, -0.05) is 22.4 Å². The normalized spacial score (nSPS) is 25.5. The number of carbonyl (C=O) groups is 1. The molecule has 1 saturated heterocycles. The standard InChI is InChI=1S/C18H22N4O3S/c1-12-16-13(2)21(15-9-10-20(11-15)26(3,24)25)18(23)17(16)22(19-12)14-7-5-4-6-8-14/h4-8,13,15H,9-11H2,1-3H3. The number of amides is 1. The van der Waals surface area contributed by atoms with Gasteiger partial charge in [-0.05, 0) is 32.4 Å². The summed E-state index contributed by atoms with van der Waals surface area (Å²) in [6.45, 7) is 4.73. The van der Waals surface area contributed by atoms with Crippen LogP contribution < -0.4 is 0 Å². The maximum absolute atomic E-state index is 13.3. The summed E-state index contributed by atoms with van der Waals surface area (Å²) >= 11 is 0. The zero-order chi connectivity index (χ0) is 18.6. The van der Waals surface area contributed by atoms with Crippen LogP contribution in [0.1, 0.15) is 41.1 Å². The molecule has 26 heavy (non-hydrogen) atoms. The number of hydrogen-bond donors (Lipinski definition) is 0. The molecule has 1 aromatic carbocycles. The van der Waals surface area contributed by atoms with Crippen LogP contribution in [0.3, 0.4) is 0 Å². The van der Waals surface area contributed by atoms with Gasteiger partial charge in [0, 0.05) is 12.1 Å². The third-order valence-electron chi connectivity index (χ3n) is 5.37. The molecule has 1 fully saturated rings. The summed E-state index contributed by atoms with van der Waals surface area (Å²) in [6, 6.07) is 9.39. The highest BCUT2D eigenvalue weighted by atomic mass is 32.3. The fourth-order valence-electron chi connectivity index (χ4n) is 4.16. The molecular weight excluding hydrogens is 352 g/mol. The van der Waals surface area contributed by atoms with Crippen LogP contribution in [-0.4, -0.2) is 54.8 Å². The van der Waals surface area contributed by atoms with E-state index in [2.05, 4.69) is 5.10 Å². The minimum atomic E-state index is -3.24. The van der Waals surface area contributed by atoms with Crippen LogP contribution in [0.15, 0.2) is 30.3 Å². The van der Waals surface area contributed by atoms with Crippen LogP contribution in [0.4, 0.5) is 0 Å². The molecule has 7 nitrogen and oxygen atoms in total. The average Bonchev–Trinajstić information content (AvgIpc) is 3.25. The van der Waals surface area contributed by atoms with Gasteiger partial charge in [0.2, 0.25) is 0 Å². The zero-order valence-electron chi connectivity index (χ0n) is 15.1. The molecule has 0 aliphatic carbocycles. The first-order valence-corrected chi connectivity index (χ1v) is 10.6. The Labute approximate surface area is 154 Å². The topological polar surface area (TPSA) is 81.5 Å². The number of para-hydroxylation sites is 1. The van der Waals surface area contributed by atoms with Crippen molar-refractivity contribution in [3.05, 3.63) is 47.3 Å². The second kappa shape index (κ2) is 6.00. The number of nitrogens with zero attached hydrogens (tertiary/aromatic N) is 4. The number of hydrogen-bond acceptors (Lipinski definition) is 4. The van der Waals surface area contributed by atoms with Crippen molar-refractivity contribution in [2.45, 2.75) is 32.4 Å². The molecule has 0 spiro atoms. The molecule has 1 aromatic heterocycles. The summed E-state index contributed by atoms with van der Waals surface area (Å²) in [4.78, 5) is 15.1. The van der Waals surface area contributed by atoms with Crippen molar-refractivity contribution in [2.24, 2.45) is 0 Å². The van der Waals surface area contributed by atoms with Gasteiger partial charge in [0.1, 0.15) is 22.3 Å². The summed E-state index contributed by atoms with van der Waals surface area (Å²) < 4.78 is 26.8. The Hall–Kier alpha value is -2.03. The number of aryl methyl sites for hydroxylation is 1. The highest BCUT2D eigenvalue weighted by Crippen LogP contribution is 2.40. The molecule has 4 rings (SSSR count). The minimum absolute atomic E-state index is 0.0719. The van der Waals surface area contributed by atoms with E-state index in [0.717, 1.165) is 16.9 Å². The van der Waals surface area contributed by atoms with Gasteiger partial charge in [-0.25, -0.2) is 4.68 Å². The quantitative estimate of drug-likeness (QED) is 0.769. The van der Waals surface area contributed by atoms with E-state index >= 15 is 0 Å². The molecule has 3 heterocycles. The molecule has 3 unspecified atom stereocenters. The van der Waals surface area contributed by atoms with Gasteiger partial charge in [-0.2, -0.15) is 5.10 Å². The summed E-state index contributed by atoms with van der Waals surface area (Å²) in [6.07, 6.45) is 1.88. The number of carbonyl (C=O) groups excluding carboxylic acids is 1. The number of fused-ring (bicyclic) bond motifs is 1. The first kappa shape index (κ1) is 17.4. The number of benzene rings is 1. The van der Waals surface area contributed by atoms with E-state index in [0.29, 0.717) is 25.2 Å². The van der Waals surface area contributed by atoms with Crippen molar-refractivity contribution in [2.75, 3.05) is 19.3 Å². The van der Waals surface area contributed by atoms with Crippen molar-refractivity contribution in [1.29, 1.82) is 0 Å². The summed E-state index contributed by atoms with van der Waals surface area (Å²) in [5.74, 6) is -0.0719. The first-order chi connectivity index (χ1) is 12.3. The summed E-state index contributed by atoms with van der Waals surface area (Å²) in [5, 5.41) is 4.58. The van der Waals surface area contributed by atoms with Crippen molar-refractivity contribution >= 4 is 16.3 Å². The maximum atomic E-state index is 13.3. The largest absolute Gasteiger partial charge is 0.598 e. The van der Waals surface area contributed by atoms with Gasteiger partial charge in [0.25, 0.3) is 5.91 Å². The SMILES string of the molecule is Cc1nn(-c2ccccc2)c2c1C(C)N(C1CCN([S+](C)(=O)[O-])C1)C2=O. The number of rotatable bonds is 3. The Balaban J connectivity index is 1.70. The highest BCUT2D eigenvalue weighted by molar-refractivity contribution is 7.94. The molecule has 1 amide bonds. The Kier molecular flexibility index (Phi) is 4.02. The van der Waals surface area contributed by atoms with E-state index in [1.165, 1.54) is 10.6 Å². The van der Waals surface area contributed by atoms with E-state index in [4.69, 9.17) is 0 Å². The Morgan fingerprint density at radius 1 is 1.27 bits per heavy atom. The molecule has 0 N–H and O–H groups in total. The fraction of sp³-hybridized carbons (Fsp3) is 0.444. The van der Waals surface area contributed by atoms with Crippen LogP contribution in [0, 0.1) is 6.92 Å². The van der Waals surface area contributed by atoms with Gasteiger partial charge in [-0.3, -0.25) is 4.79 Å².